The number of aromatic nitrogens is 4. The molecule has 0 aliphatic carbocycles. The molecule has 0 fully saturated rings. The summed E-state index contributed by atoms with van der Waals surface area (Å²) in [6.07, 6.45) is 0. The summed E-state index contributed by atoms with van der Waals surface area (Å²) in [5.74, 6) is 0. The van der Waals surface area contributed by atoms with Gasteiger partial charge in [-0.1, -0.05) is 40.6 Å². The van der Waals surface area contributed by atoms with Crippen molar-refractivity contribution < 1.29 is 0 Å². The van der Waals surface area contributed by atoms with Crippen molar-refractivity contribution in [2.75, 3.05) is 0 Å². The van der Waals surface area contributed by atoms with E-state index in [4.69, 9.17) is 23.2 Å². The van der Waals surface area contributed by atoms with Crippen molar-refractivity contribution in [3.63, 3.8) is 0 Å². The van der Waals surface area contributed by atoms with Gasteiger partial charge in [0.25, 0.3) is 5.56 Å². The molecule has 2 heterocycles. The maximum Gasteiger partial charge on any atom is 0.296 e. The Labute approximate surface area is 121 Å². The molecule has 8 heteroatoms. The monoisotopic (exact) mass is 312 g/mol. The van der Waals surface area contributed by atoms with E-state index in [2.05, 4.69) is 15.3 Å². The molecule has 0 saturated carbocycles. The molecule has 3 aromatic rings. The molecule has 2 aromatic heterocycles. The van der Waals surface area contributed by atoms with Crippen LogP contribution in [0.1, 0.15) is 5.69 Å². The smallest absolute Gasteiger partial charge is 0.265 e. The Kier molecular flexibility index (Phi) is 3.00. The van der Waals surface area contributed by atoms with Crippen LogP contribution in [0.4, 0.5) is 0 Å². The molecule has 0 aliphatic heterocycles. The van der Waals surface area contributed by atoms with Gasteiger partial charge in [-0.25, -0.2) is 0 Å². The molecule has 0 amide bonds. The molecule has 1 aromatic carbocycles. The zero-order valence-electron chi connectivity index (χ0n) is 9.59. The number of hydrogen-bond donors (Lipinski definition) is 0. The minimum absolute atomic E-state index is 0.271. The first kappa shape index (κ1) is 12.5. The number of benzene rings is 1. The molecule has 0 saturated heterocycles. The molecule has 0 N–H and O–H groups in total. The zero-order valence-corrected chi connectivity index (χ0v) is 11.9. The minimum Gasteiger partial charge on any atom is -0.265 e. The molecule has 0 spiro atoms. The Morgan fingerprint density at radius 3 is 2.74 bits per heavy atom. The largest absolute Gasteiger partial charge is 0.296 e. The topological polar surface area (TPSA) is 60.1 Å². The van der Waals surface area contributed by atoms with Crippen LogP contribution in [-0.2, 0) is 0 Å². The van der Waals surface area contributed by atoms with E-state index < -0.39 is 0 Å². The van der Waals surface area contributed by atoms with E-state index in [1.807, 2.05) is 0 Å². The molecule has 0 radical (unpaired) electrons. The lowest BCUT2D eigenvalue weighted by atomic mass is 10.2. The highest BCUT2D eigenvalue weighted by Crippen LogP contribution is 2.30. The van der Waals surface area contributed by atoms with Crippen LogP contribution in [0, 0.1) is 6.92 Å². The second-order valence-electron chi connectivity index (χ2n) is 3.82. The molecule has 0 atom stereocenters. The number of rotatable bonds is 1. The zero-order chi connectivity index (χ0) is 13.6. The van der Waals surface area contributed by atoms with Gasteiger partial charge in [0.05, 0.1) is 10.0 Å². The summed E-state index contributed by atoms with van der Waals surface area (Å²) in [7, 11) is 0. The highest BCUT2D eigenvalue weighted by molar-refractivity contribution is 7.19. The SMILES string of the molecule is Cc1nnc2sc(-c3ccc(Cl)c(Cl)c3)nn2c1=O. The van der Waals surface area contributed by atoms with Crippen LogP contribution in [0.5, 0.6) is 0 Å². The first-order valence-electron chi connectivity index (χ1n) is 5.25. The van der Waals surface area contributed by atoms with Gasteiger partial charge in [-0.05, 0) is 19.1 Å². The highest BCUT2D eigenvalue weighted by Gasteiger charge is 2.11. The highest BCUT2D eigenvalue weighted by atomic mass is 35.5. The number of nitrogens with zero attached hydrogens (tertiary/aromatic N) is 4. The summed E-state index contributed by atoms with van der Waals surface area (Å²) in [6.45, 7) is 1.60. The third-order valence-electron chi connectivity index (χ3n) is 2.51. The predicted octanol–water partition coefficient (Wildman–Crippen LogP) is 2.83. The van der Waals surface area contributed by atoms with Crippen molar-refractivity contribution in [3.8, 4) is 10.6 Å². The average Bonchev–Trinajstić information content (AvgIpc) is 2.82. The summed E-state index contributed by atoms with van der Waals surface area (Å²) >= 11 is 13.1. The average molecular weight is 313 g/mol. The van der Waals surface area contributed by atoms with Crippen LogP contribution < -0.4 is 5.56 Å². The summed E-state index contributed by atoms with van der Waals surface area (Å²) in [5.41, 5.74) is 0.818. The fourth-order valence-corrected chi connectivity index (χ4v) is 2.67. The van der Waals surface area contributed by atoms with Crippen molar-refractivity contribution in [2.24, 2.45) is 0 Å². The van der Waals surface area contributed by atoms with E-state index >= 15 is 0 Å². The van der Waals surface area contributed by atoms with E-state index in [1.165, 1.54) is 15.9 Å². The molecule has 5 nitrogen and oxygen atoms in total. The van der Waals surface area contributed by atoms with Crippen LogP contribution in [0.3, 0.4) is 0 Å². The van der Waals surface area contributed by atoms with Crippen molar-refractivity contribution in [1.82, 2.24) is 19.8 Å². The van der Waals surface area contributed by atoms with E-state index in [0.29, 0.717) is 25.7 Å². The standard InChI is InChI=1S/C11H6Cl2N4OS/c1-5-10(18)17-11(15-14-5)19-9(16-17)6-2-3-7(12)8(13)4-6/h2-4H,1H3. The van der Waals surface area contributed by atoms with Crippen molar-refractivity contribution in [2.45, 2.75) is 6.92 Å². The molecule has 0 aliphatic rings. The molecule has 19 heavy (non-hydrogen) atoms. The molecule has 96 valence electrons. The van der Waals surface area contributed by atoms with Crippen LogP contribution >= 0.6 is 34.5 Å². The summed E-state index contributed by atoms with van der Waals surface area (Å²) in [4.78, 5) is 12.3. The van der Waals surface area contributed by atoms with Gasteiger partial charge in [-0.2, -0.15) is 9.61 Å². The molecule has 0 bridgehead atoms. The van der Waals surface area contributed by atoms with Gasteiger partial charge in [0.15, 0.2) is 0 Å². The van der Waals surface area contributed by atoms with E-state index in [9.17, 15) is 4.79 Å². The quantitative estimate of drug-likeness (QED) is 0.693. The van der Waals surface area contributed by atoms with Gasteiger partial charge < -0.3 is 0 Å². The Morgan fingerprint density at radius 1 is 1.21 bits per heavy atom. The van der Waals surface area contributed by atoms with Gasteiger partial charge in [0.1, 0.15) is 10.7 Å². The molecule has 0 unspecified atom stereocenters. The van der Waals surface area contributed by atoms with Gasteiger partial charge in [0.2, 0.25) is 4.96 Å². The lowest BCUT2D eigenvalue weighted by Crippen LogP contribution is -2.19. The van der Waals surface area contributed by atoms with Crippen LogP contribution in [0.15, 0.2) is 23.0 Å². The maximum atomic E-state index is 11.9. The summed E-state index contributed by atoms with van der Waals surface area (Å²) in [5, 5.41) is 13.5. The van der Waals surface area contributed by atoms with Gasteiger partial charge in [0, 0.05) is 5.56 Å². The van der Waals surface area contributed by atoms with Crippen LogP contribution in [-0.4, -0.2) is 19.8 Å². The Balaban J connectivity index is 2.23. The first-order chi connectivity index (χ1) is 9.06. The minimum atomic E-state index is -0.271. The Bertz CT molecular complexity index is 842. The van der Waals surface area contributed by atoms with Gasteiger partial charge in [-0.3, -0.25) is 4.79 Å². The van der Waals surface area contributed by atoms with Crippen LogP contribution in [0.25, 0.3) is 15.5 Å². The number of aryl methyl sites for hydroxylation is 1. The molecule has 3 rings (SSSR count). The third-order valence-corrected chi connectivity index (χ3v) is 4.20. The first-order valence-corrected chi connectivity index (χ1v) is 6.82. The lowest BCUT2D eigenvalue weighted by Gasteiger charge is -1.98. The predicted molar refractivity (Wildman–Crippen MR) is 75.1 cm³/mol. The van der Waals surface area contributed by atoms with Gasteiger partial charge >= 0.3 is 0 Å². The van der Waals surface area contributed by atoms with E-state index in [1.54, 1.807) is 25.1 Å². The van der Waals surface area contributed by atoms with Crippen molar-refractivity contribution >= 4 is 39.5 Å². The summed E-state index contributed by atoms with van der Waals surface area (Å²) < 4.78 is 1.24. The van der Waals surface area contributed by atoms with E-state index in [0.717, 1.165) is 5.56 Å². The van der Waals surface area contributed by atoms with Crippen molar-refractivity contribution in [3.05, 3.63) is 44.3 Å². The molecular weight excluding hydrogens is 307 g/mol. The van der Waals surface area contributed by atoms with Crippen LogP contribution in [0.2, 0.25) is 10.0 Å². The van der Waals surface area contributed by atoms with Crippen molar-refractivity contribution in [1.29, 1.82) is 0 Å². The second kappa shape index (κ2) is 4.56. The van der Waals surface area contributed by atoms with Gasteiger partial charge in [-0.15, -0.1) is 10.2 Å². The lowest BCUT2D eigenvalue weighted by molar-refractivity contribution is 0.829. The third kappa shape index (κ3) is 2.11. The fraction of sp³-hybridized carbons (Fsp3) is 0.0909. The normalized spacial score (nSPS) is 11.1. The number of halogens is 2. The fourth-order valence-electron chi connectivity index (χ4n) is 1.54. The Morgan fingerprint density at radius 2 is 2.00 bits per heavy atom. The molecular formula is C11H6Cl2N4OS. The number of hydrogen-bond acceptors (Lipinski definition) is 5. The maximum absolute atomic E-state index is 11.9. The Hall–Kier alpha value is -1.50. The van der Waals surface area contributed by atoms with E-state index in [-0.39, 0.29) is 5.56 Å². The second-order valence-corrected chi connectivity index (χ2v) is 5.59. The summed E-state index contributed by atoms with van der Waals surface area (Å²) in [6, 6.07) is 5.18. The number of fused-ring (bicyclic) bond motifs is 1.